The van der Waals surface area contributed by atoms with Gasteiger partial charge in [-0.3, -0.25) is 0 Å². The third-order valence-electron chi connectivity index (χ3n) is 0. The van der Waals surface area contributed by atoms with Gasteiger partial charge in [-0.15, -0.1) is 0 Å². The predicted molar refractivity (Wildman–Crippen MR) is 2.06 cm³/mol. The van der Waals surface area contributed by atoms with E-state index in [2.05, 4.69) is 0 Å². The first-order valence-electron chi connectivity index (χ1n) is 0. The molecule has 5 heteroatoms. The van der Waals surface area contributed by atoms with Crippen LogP contribution in [-0.4, -0.2) is 0 Å². The molecule has 0 aliphatic rings. The molecule has 0 bridgehead atoms. The Hall–Kier alpha value is 2.33. The molecule has 0 heterocycles. The first-order chi connectivity index (χ1) is 0. The van der Waals surface area contributed by atoms with E-state index in [1.54, 1.807) is 0 Å². The van der Waals surface area contributed by atoms with E-state index in [1.165, 1.54) is 0 Å². The average molecular weight is 352 g/mol. The van der Waals surface area contributed by atoms with Crippen molar-refractivity contribution in [3.05, 3.63) is 0 Å². The molecule has 0 aromatic rings. The maximum atomic E-state index is 0. The van der Waals surface area contributed by atoms with Gasteiger partial charge in [-0.25, -0.2) is 0 Å². The van der Waals surface area contributed by atoms with Gasteiger partial charge >= 0.3 is 73.3 Å². The summed E-state index contributed by atoms with van der Waals surface area (Å²) in [6.45, 7) is 0. The van der Waals surface area contributed by atoms with Gasteiger partial charge in [0.05, 0.1) is 0 Å². The van der Waals surface area contributed by atoms with Crippen molar-refractivity contribution in [3.63, 3.8) is 0 Å². The van der Waals surface area contributed by atoms with Gasteiger partial charge < -0.3 is 16.4 Å². The van der Waals surface area contributed by atoms with E-state index < -0.39 is 0 Å². The first-order valence-corrected chi connectivity index (χ1v) is 0. The van der Waals surface area contributed by atoms with E-state index in [-0.39, 0.29) is 89.8 Å². The minimum absolute atomic E-state index is 0. The average Bonchev–Trinajstić information content (AvgIpc) is 0. The van der Waals surface area contributed by atoms with Crippen LogP contribution in [0.15, 0.2) is 0 Å². The number of hydrogen-bond donors (Lipinski definition) is 0. The molecule has 5 heavy (non-hydrogen) atoms. The second kappa shape index (κ2) is 33.1. The van der Waals surface area contributed by atoms with Crippen LogP contribution in [0, 0.1) is 73.3 Å². The third kappa shape index (κ3) is 21.8. The van der Waals surface area contributed by atoms with Crippen molar-refractivity contribution in [2.24, 2.45) is 0 Å². The molecular formula is HoLaO3. The Labute approximate surface area is 88.0 Å². The standard InChI is InChI=1S/Ho.La.3O/q2*+3;3*-2. The summed E-state index contributed by atoms with van der Waals surface area (Å²) < 4.78 is 0. The van der Waals surface area contributed by atoms with Crippen LogP contribution in [0.25, 0.3) is 0 Å². The van der Waals surface area contributed by atoms with Gasteiger partial charge in [-0.1, -0.05) is 0 Å². The molecule has 0 fully saturated rings. The normalized spacial score (nSPS) is 0. The maximum Gasteiger partial charge on any atom is 3.00 e. The Balaban J connectivity index is 0. The summed E-state index contributed by atoms with van der Waals surface area (Å²) in [5, 5.41) is 0. The largest absolute Gasteiger partial charge is 3.00 e. The molecule has 0 amide bonds. The molecule has 0 aliphatic heterocycles. The fourth-order valence-electron chi connectivity index (χ4n) is 0. The Kier molecular flexibility index (Phi) is 357. The molecule has 32 valence electrons. The van der Waals surface area contributed by atoms with E-state index in [1.807, 2.05) is 0 Å². The van der Waals surface area contributed by atoms with Crippen LogP contribution < -0.4 is 0 Å². The number of rotatable bonds is 0. The molecule has 0 radical (unpaired) electrons. The van der Waals surface area contributed by atoms with Crippen molar-refractivity contribution < 1.29 is 89.8 Å². The molecule has 0 rings (SSSR count). The maximum absolute atomic E-state index is 0. The summed E-state index contributed by atoms with van der Waals surface area (Å²) in [7, 11) is 0. The summed E-state index contributed by atoms with van der Waals surface area (Å²) in [6, 6.07) is 0. The fraction of sp³-hybridized carbons (Fsp3) is 0. The van der Waals surface area contributed by atoms with Crippen LogP contribution in [0.4, 0.5) is 0 Å². The molecule has 0 atom stereocenters. The summed E-state index contributed by atoms with van der Waals surface area (Å²) in [5.74, 6) is 0. The molecule has 0 aliphatic carbocycles. The summed E-state index contributed by atoms with van der Waals surface area (Å²) in [5.41, 5.74) is 0. The van der Waals surface area contributed by atoms with Gasteiger partial charge in [0.25, 0.3) is 0 Å². The smallest absolute Gasteiger partial charge is 2.00 e. The van der Waals surface area contributed by atoms with Crippen LogP contribution in [0.1, 0.15) is 0 Å². The molecule has 0 N–H and O–H groups in total. The minimum Gasteiger partial charge on any atom is -2.00 e. The monoisotopic (exact) mass is 352 g/mol. The second-order valence-electron chi connectivity index (χ2n) is 0. The molecule has 0 unspecified atom stereocenters. The van der Waals surface area contributed by atoms with Crippen LogP contribution in [0.2, 0.25) is 0 Å². The molecule has 3 nitrogen and oxygen atoms in total. The molecule has 0 spiro atoms. The molecule has 0 aromatic carbocycles. The van der Waals surface area contributed by atoms with Gasteiger partial charge in [-0.05, 0) is 0 Å². The van der Waals surface area contributed by atoms with Crippen molar-refractivity contribution in [1.29, 1.82) is 0 Å². The second-order valence-corrected chi connectivity index (χ2v) is 0. The van der Waals surface area contributed by atoms with Gasteiger partial charge in [-0.2, -0.15) is 0 Å². The van der Waals surface area contributed by atoms with E-state index in [0.717, 1.165) is 0 Å². The Bertz CT molecular complexity index is 6.85. The van der Waals surface area contributed by atoms with Crippen molar-refractivity contribution in [2.75, 3.05) is 0 Å². The van der Waals surface area contributed by atoms with Crippen molar-refractivity contribution in [1.82, 2.24) is 0 Å². The zero-order valence-corrected chi connectivity index (χ0v) is 7.66. The van der Waals surface area contributed by atoms with Crippen LogP contribution in [0.3, 0.4) is 0 Å². The summed E-state index contributed by atoms with van der Waals surface area (Å²) in [6.07, 6.45) is 0. The van der Waals surface area contributed by atoms with Crippen LogP contribution in [0.5, 0.6) is 0 Å². The van der Waals surface area contributed by atoms with Crippen molar-refractivity contribution >= 4 is 0 Å². The van der Waals surface area contributed by atoms with E-state index in [0.29, 0.717) is 0 Å². The van der Waals surface area contributed by atoms with Crippen LogP contribution >= 0.6 is 0 Å². The molecule has 0 saturated carbocycles. The zero-order chi connectivity index (χ0) is 0. The Morgan fingerprint density at radius 2 is 0.600 bits per heavy atom. The quantitative estimate of drug-likeness (QED) is 0.534. The predicted octanol–water partition coefficient (Wildman–Crippen LogP) is -0.356. The van der Waals surface area contributed by atoms with Gasteiger partial charge in [0.2, 0.25) is 0 Å². The Morgan fingerprint density at radius 1 is 0.600 bits per heavy atom. The van der Waals surface area contributed by atoms with Gasteiger partial charge in [0.1, 0.15) is 0 Å². The van der Waals surface area contributed by atoms with E-state index >= 15 is 0 Å². The van der Waals surface area contributed by atoms with Gasteiger partial charge in [0.15, 0.2) is 0 Å². The molecule has 0 aromatic heterocycles. The van der Waals surface area contributed by atoms with Crippen molar-refractivity contribution in [2.45, 2.75) is 0 Å². The SMILES string of the molecule is [Ho+3].[La+3].[O-2].[O-2].[O-2]. The first kappa shape index (κ1) is 54.0. The van der Waals surface area contributed by atoms with E-state index in [9.17, 15) is 0 Å². The summed E-state index contributed by atoms with van der Waals surface area (Å²) in [4.78, 5) is 0. The topological polar surface area (TPSA) is 85.5 Å². The van der Waals surface area contributed by atoms with Gasteiger partial charge in [0, 0.05) is 0 Å². The minimum atomic E-state index is 0. The molecular weight excluding hydrogens is 352 g/mol. The van der Waals surface area contributed by atoms with E-state index in [4.69, 9.17) is 0 Å². The van der Waals surface area contributed by atoms with Crippen molar-refractivity contribution in [3.8, 4) is 0 Å². The zero-order valence-electron chi connectivity index (χ0n) is 2.10. The number of hydrogen-bond acceptors (Lipinski definition) is 0. The van der Waals surface area contributed by atoms with Crippen LogP contribution in [-0.2, 0) is 16.4 Å². The Morgan fingerprint density at radius 3 is 0.600 bits per heavy atom. The third-order valence-corrected chi connectivity index (χ3v) is 0. The summed E-state index contributed by atoms with van der Waals surface area (Å²) >= 11 is 0. The fourth-order valence-corrected chi connectivity index (χ4v) is 0. The molecule has 0 saturated heterocycles.